The Labute approximate surface area is 188 Å². The van der Waals surface area contributed by atoms with Crippen LogP contribution in [0.2, 0.25) is 0 Å². The molecule has 1 heterocycles. The first-order chi connectivity index (χ1) is 14.9. The Morgan fingerprint density at radius 1 is 1.06 bits per heavy atom. The zero-order valence-electron chi connectivity index (χ0n) is 18.1. The molecule has 31 heavy (non-hydrogen) atoms. The number of benzene rings is 2. The maximum atomic E-state index is 13.2. The summed E-state index contributed by atoms with van der Waals surface area (Å²) in [6.07, 6.45) is 0.606. The van der Waals surface area contributed by atoms with Gasteiger partial charge in [-0.05, 0) is 50.1 Å². The smallest absolute Gasteiger partial charge is 0.243 e. The van der Waals surface area contributed by atoms with E-state index in [-0.39, 0.29) is 11.4 Å². The summed E-state index contributed by atoms with van der Waals surface area (Å²) in [5, 5.41) is 2.70. The van der Waals surface area contributed by atoms with E-state index in [4.69, 9.17) is 9.47 Å². The van der Waals surface area contributed by atoms with Crippen LogP contribution in [-0.4, -0.2) is 38.0 Å². The highest BCUT2D eigenvalue weighted by molar-refractivity contribution is 7.89. The molecule has 3 aromatic rings. The number of methoxy groups -OCH3 is 1. The van der Waals surface area contributed by atoms with Crippen LogP contribution in [0.25, 0.3) is 0 Å². The molecule has 1 aromatic heterocycles. The highest BCUT2D eigenvalue weighted by atomic mass is 32.2. The molecule has 0 aliphatic carbocycles. The SMILES string of the molecule is COCCCN(Cc1csc(COc2cccc(C)c2)n1)S(=O)(=O)c1ccc(C)cc1. The first-order valence-electron chi connectivity index (χ1n) is 10.1. The van der Waals surface area contributed by atoms with Crippen LogP contribution in [0.3, 0.4) is 0 Å². The van der Waals surface area contributed by atoms with E-state index >= 15 is 0 Å². The van der Waals surface area contributed by atoms with Gasteiger partial charge in [0.2, 0.25) is 10.0 Å². The molecule has 0 saturated heterocycles. The largest absolute Gasteiger partial charge is 0.486 e. The second-order valence-corrected chi connectivity index (χ2v) is 10.2. The Kier molecular flexibility index (Phi) is 8.20. The van der Waals surface area contributed by atoms with Crippen molar-refractivity contribution in [2.24, 2.45) is 0 Å². The van der Waals surface area contributed by atoms with Crippen LogP contribution in [-0.2, 0) is 27.9 Å². The van der Waals surface area contributed by atoms with Gasteiger partial charge in [0.25, 0.3) is 0 Å². The van der Waals surface area contributed by atoms with Gasteiger partial charge in [0.1, 0.15) is 17.4 Å². The summed E-state index contributed by atoms with van der Waals surface area (Å²) in [4.78, 5) is 4.88. The van der Waals surface area contributed by atoms with Crippen molar-refractivity contribution in [1.82, 2.24) is 9.29 Å². The third kappa shape index (κ3) is 6.61. The number of thiazole rings is 1. The highest BCUT2D eigenvalue weighted by Gasteiger charge is 2.25. The van der Waals surface area contributed by atoms with Crippen molar-refractivity contribution in [1.29, 1.82) is 0 Å². The van der Waals surface area contributed by atoms with E-state index < -0.39 is 10.0 Å². The lowest BCUT2D eigenvalue weighted by atomic mass is 10.2. The Hall–Kier alpha value is -2.26. The van der Waals surface area contributed by atoms with Gasteiger partial charge in [0, 0.05) is 25.6 Å². The minimum Gasteiger partial charge on any atom is -0.486 e. The molecule has 6 nitrogen and oxygen atoms in total. The van der Waals surface area contributed by atoms with Crippen molar-refractivity contribution in [3.05, 3.63) is 75.7 Å². The molecule has 0 aliphatic heterocycles. The van der Waals surface area contributed by atoms with Crippen LogP contribution in [0.4, 0.5) is 0 Å². The van der Waals surface area contributed by atoms with Crippen molar-refractivity contribution in [2.75, 3.05) is 20.3 Å². The molecular formula is C23H28N2O4S2. The molecule has 166 valence electrons. The van der Waals surface area contributed by atoms with E-state index in [0.717, 1.165) is 21.9 Å². The third-order valence-electron chi connectivity index (χ3n) is 4.70. The van der Waals surface area contributed by atoms with Crippen molar-refractivity contribution < 1.29 is 17.9 Å². The lowest BCUT2D eigenvalue weighted by molar-refractivity contribution is 0.186. The van der Waals surface area contributed by atoms with Crippen LogP contribution in [0.1, 0.15) is 28.2 Å². The first-order valence-corrected chi connectivity index (χ1v) is 12.4. The van der Waals surface area contributed by atoms with Gasteiger partial charge in [-0.25, -0.2) is 13.4 Å². The van der Waals surface area contributed by atoms with Crippen LogP contribution in [0.15, 0.2) is 58.8 Å². The van der Waals surface area contributed by atoms with Gasteiger partial charge in [-0.1, -0.05) is 29.8 Å². The normalized spacial score (nSPS) is 11.7. The number of hydrogen-bond donors (Lipinski definition) is 0. The van der Waals surface area contributed by atoms with Gasteiger partial charge in [-0.3, -0.25) is 0 Å². The Balaban J connectivity index is 1.71. The molecule has 0 fully saturated rings. The second kappa shape index (κ2) is 10.9. The molecule has 0 spiro atoms. The first kappa shape index (κ1) is 23.4. The zero-order valence-corrected chi connectivity index (χ0v) is 19.7. The summed E-state index contributed by atoms with van der Waals surface area (Å²) in [6, 6.07) is 14.8. The van der Waals surface area contributed by atoms with E-state index in [9.17, 15) is 8.42 Å². The third-order valence-corrected chi connectivity index (χ3v) is 7.43. The topological polar surface area (TPSA) is 68.7 Å². The van der Waals surface area contributed by atoms with Gasteiger partial charge >= 0.3 is 0 Å². The molecule has 3 rings (SSSR count). The minimum atomic E-state index is -3.64. The van der Waals surface area contributed by atoms with E-state index in [2.05, 4.69) is 4.98 Å². The molecule has 8 heteroatoms. The Morgan fingerprint density at radius 3 is 2.55 bits per heavy atom. The minimum absolute atomic E-state index is 0.209. The standard InChI is InChI=1S/C23H28N2O4S2/c1-18-8-10-22(11-9-18)31(26,27)25(12-5-13-28-3)15-20-17-30-23(24-20)16-29-21-7-4-6-19(2)14-21/h4,6-11,14,17H,5,12-13,15-16H2,1-3H3. The molecular weight excluding hydrogens is 432 g/mol. The summed E-state index contributed by atoms with van der Waals surface area (Å²) in [6.45, 7) is 5.36. The second-order valence-electron chi connectivity index (χ2n) is 7.34. The van der Waals surface area contributed by atoms with Gasteiger partial charge < -0.3 is 9.47 Å². The molecule has 0 aliphatic rings. The van der Waals surface area contributed by atoms with E-state index in [1.165, 1.54) is 15.6 Å². The van der Waals surface area contributed by atoms with Crippen LogP contribution in [0.5, 0.6) is 5.75 Å². The van der Waals surface area contributed by atoms with Gasteiger partial charge in [-0.2, -0.15) is 4.31 Å². The van der Waals surface area contributed by atoms with Crippen molar-refractivity contribution in [2.45, 2.75) is 38.3 Å². The summed E-state index contributed by atoms with van der Waals surface area (Å²) >= 11 is 1.47. The Bertz CT molecular complexity index is 1080. The number of aromatic nitrogens is 1. The molecule has 0 unspecified atom stereocenters. The lowest BCUT2D eigenvalue weighted by Gasteiger charge is -2.21. The van der Waals surface area contributed by atoms with E-state index in [1.807, 2.05) is 55.6 Å². The number of ether oxygens (including phenoxy) is 2. The molecule has 0 saturated carbocycles. The van der Waals surface area contributed by atoms with Crippen molar-refractivity contribution in [3.8, 4) is 5.75 Å². The van der Waals surface area contributed by atoms with Crippen molar-refractivity contribution in [3.63, 3.8) is 0 Å². The zero-order chi connectivity index (χ0) is 22.3. The van der Waals surface area contributed by atoms with Gasteiger partial charge in [0.15, 0.2) is 0 Å². The average Bonchev–Trinajstić information content (AvgIpc) is 3.19. The van der Waals surface area contributed by atoms with E-state index in [0.29, 0.717) is 31.9 Å². The number of nitrogens with zero attached hydrogens (tertiary/aromatic N) is 2. The number of sulfonamides is 1. The fraction of sp³-hybridized carbons (Fsp3) is 0.348. The predicted molar refractivity (Wildman–Crippen MR) is 123 cm³/mol. The monoisotopic (exact) mass is 460 g/mol. The molecule has 0 amide bonds. The molecule has 0 atom stereocenters. The summed E-state index contributed by atoms with van der Waals surface area (Å²) < 4.78 is 38.9. The number of rotatable bonds is 11. The van der Waals surface area contributed by atoms with E-state index in [1.54, 1.807) is 19.2 Å². The van der Waals surface area contributed by atoms with Gasteiger partial charge in [-0.15, -0.1) is 11.3 Å². The quantitative estimate of drug-likeness (QED) is 0.392. The summed E-state index contributed by atoms with van der Waals surface area (Å²) in [7, 11) is -2.03. The summed E-state index contributed by atoms with van der Waals surface area (Å²) in [5.41, 5.74) is 2.86. The maximum absolute atomic E-state index is 13.2. The van der Waals surface area contributed by atoms with Crippen molar-refractivity contribution >= 4 is 21.4 Å². The molecule has 2 aromatic carbocycles. The predicted octanol–water partition coefficient (Wildman–Crippen LogP) is 4.57. The molecule has 0 bridgehead atoms. The van der Waals surface area contributed by atoms with Crippen LogP contribution < -0.4 is 4.74 Å². The average molecular weight is 461 g/mol. The number of hydrogen-bond acceptors (Lipinski definition) is 6. The fourth-order valence-electron chi connectivity index (χ4n) is 3.05. The maximum Gasteiger partial charge on any atom is 0.243 e. The Morgan fingerprint density at radius 2 is 1.84 bits per heavy atom. The lowest BCUT2D eigenvalue weighted by Crippen LogP contribution is -2.32. The molecule has 0 N–H and O–H groups in total. The number of aryl methyl sites for hydroxylation is 2. The van der Waals surface area contributed by atoms with Crippen LogP contribution >= 0.6 is 11.3 Å². The highest BCUT2D eigenvalue weighted by Crippen LogP contribution is 2.22. The van der Waals surface area contributed by atoms with Crippen LogP contribution in [0, 0.1) is 13.8 Å². The molecule has 0 radical (unpaired) electrons. The van der Waals surface area contributed by atoms with Gasteiger partial charge in [0.05, 0.1) is 17.1 Å². The summed E-state index contributed by atoms with van der Waals surface area (Å²) in [5.74, 6) is 0.792. The fourth-order valence-corrected chi connectivity index (χ4v) is 5.19.